The van der Waals surface area contributed by atoms with Crippen LogP contribution in [0.25, 0.3) is 0 Å². The van der Waals surface area contributed by atoms with Crippen LogP contribution in [0.4, 0.5) is 11.4 Å². The average Bonchev–Trinajstić information content (AvgIpc) is 2.85. The summed E-state index contributed by atoms with van der Waals surface area (Å²) in [6.45, 7) is 5.20. The number of carbonyl (C=O) groups excluding carboxylic acids is 4. The molecule has 3 aliphatic carbocycles. The zero-order chi connectivity index (χ0) is 30.7. The van der Waals surface area contributed by atoms with E-state index in [9.17, 15) is 39.6 Å². The summed E-state index contributed by atoms with van der Waals surface area (Å²) < 4.78 is 0. The molecule has 1 aromatic carbocycles. The summed E-state index contributed by atoms with van der Waals surface area (Å²) in [5.74, 6) is -7.91. The molecule has 0 heterocycles. The smallest absolute Gasteiger partial charge is 0.255 e. The molecule has 0 saturated heterocycles. The molecule has 3 aliphatic rings. The standard InChI is InChI=1S/C28H35N5O8/c1-11(2)30-10-17(34)31-15-9-16(32(3)4)13-7-12-8-14-21(33(5)6)24(37)20(27(29)40)26(39)28(14,41)25(38)18(12)23(36)19(13)22(15)35/h9,12,14,21,30,35,37-38,41H,1,7-8,10H2,2-6H3,(H2,29,40)(H,31,34)/t12-,14-,21-,28-/m0/s1. The van der Waals surface area contributed by atoms with Crippen LogP contribution in [0.2, 0.25) is 0 Å². The molecule has 0 spiro atoms. The van der Waals surface area contributed by atoms with Crippen molar-refractivity contribution >= 4 is 34.8 Å². The Morgan fingerprint density at radius 2 is 1.80 bits per heavy atom. The number of benzene rings is 1. The number of hydrogen-bond donors (Lipinski definition) is 7. The lowest BCUT2D eigenvalue weighted by Crippen LogP contribution is -2.63. The van der Waals surface area contributed by atoms with Crippen LogP contribution in [0.5, 0.6) is 5.75 Å². The molecule has 8 N–H and O–H groups in total. The maximum Gasteiger partial charge on any atom is 0.255 e. The molecule has 0 bridgehead atoms. The highest BCUT2D eigenvalue weighted by Gasteiger charge is 2.63. The number of likely N-dealkylation sites (N-methyl/N-ethyl adjacent to an activating group) is 1. The normalized spacial score (nSPS) is 25.4. The summed E-state index contributed by atoms with van der Waals surface area (Å²) in [5, 5.41) is 50.6. The largest absolute Gasteiger partial charge is 0.510 e. The van der Waals surface area contributed by atoms with Crippen molar-refractivity contribution in [1.29, 1.82) is 0 Å². The zero-order valence-corrected chi connectivity index (χ0v) is 23.5. The minimum Gasteiger partial charge on any atom is -0.510 e. The number of fused-ring (bicyclic) bond motifs is 3. The van der Waals surface area contributed by atoms with Gasteiger partial charge in [0.05, 0.1) is 23.8 Å². The third-order valence-electron chi connectivity index (χ3n) is 8.01. The number of rotatable bonds is 7. The molecule has 0 fully saturated rings. The van der Waals surface area contributed by atoms with Gasteiger partial charge in [-0.05, 0) is 51.4 Å². The van der Waals surface area contributed by atoms with E-state index >= 15 is 0 Å². The van der Waals surface area contributed by atoms with Gasteiger partial charge in [0.25, 0.3) is 5.91 Å². The number of nitrogens with zero attached hydrogens (tertiary/aromatic N) is 2. The first kappa shape index (κ1) is 29.6. The Morgan fingerprint density at radius 1 is 1.17 bits per heavy atom. The maximum absolute atomic E-state index is 14.0. The lowest BCUT2D eigenvalue weighted by atomic mass is 9.58. The van der Waals surface area contributed by atoms with Gasteiger partial charge in [-0.1, -0.05) is 6.58 Å². The molecule has 2 amide bonds. The van der Waals surface area contributed by atoms with E-state index in [1.807, 2.05) is 0 Å². The predicted molar refractivity (Wildman–Crippen MR) is 149 cm³/mol. The molecular formula is C28H35N5O8. The Morgan fingerprint density at radius 3 is 2.34 bits per heavy atom. The van der Waals surface area contributed by atoms with Gasteiger partial charge in [0.1, 0.15) is 17.1 Å². The van der Waals surface area contributed by atoms with E-state index in [1.165, 1.54) is 11.0 Å². The van der Waals surface area contributed by atoms with Crippen LogP contribution in [0.1, 0.15) is 29.3 Å². The molecule has 0 radical (unpaired) electrons. The highest BCUT2D eigenvalue weighted by molar-refractivity contribution is 6.25. The third kappa shape index (κ3) is 4.50. The fraction of sp³-hybridized carbons (Fsp3) is 0.429. The van der Waals surface area contributed by atoms with Gasteiger partial charge in [-0.15, -0.1) is 0 Å². The summed E-state index contributed by atoms with van der Waals surface area (Å²) >= 11 is 0. The fourth-order valence-electron chi connectivity index (χ4n) is 6.22. The van der Waals surface area contributed by atoms with Crippen molar-refractivity contribution < 1.29 is 39.6 Å². The number of aliphatic hydroxyl groups excluding tert-OH is 2. The number of ketones is 2. The van der Waals surface area contributed by atoms with E-state index in [4.69, 9.17) is 5.73 Å². The van der Waals surface area contributed by atoms with Crippen LogP contribution in [-0.4, -0.2) is 95.1 Å². The van der Waals surface area contributed by atoms with E-state index < -0.39 is 69.7 Å². The molecule has 41 heavy (non-hydrogen) atoms. The number of aliphatic hydroxyl groups is 3. The monoisotopic (exact) mass is 569 g/mol. The number of phenolic OH excluding ortho intramolecular Hbond substituents is 1. The molecule has 220 valence electrons. The van der Waals surface area contributed by atoms with E-state index in [0.29, 0.717) is 16.9 Å². The van der Waals surface area contributed by atoms with E-state index in [2.05, 4.69) is 17.2 Å². The summed E-state index contributed by atoms with van der Waals surface area (Å²) in [6, 6.07) is 0.460. The minimum atomic E-state index is -2.73. The van der Waals surface area contributed by atoms with Crippen molar-refractivity contribution in [2.24, 2.45) is 17.6 Å². The molecular weight excluding hydrogens is 534 g/mol. The van der Waals surface area contributed by atoms with Crippen LogP contribution in [0.3, 0.4) is 0 Å². The number of primary amides is 1. The summed E-state index contributed by atoms with van der Waals surface area (Å²) in [6.07, 6.45) is 0.103. The lowest BCUT2D eigenvalue weighted by Gasteiger charge is -2.50. The zero-order valence-electron chi connectivity index (χ0n) is 23.5. The van der Waals surface area contributed by atoms with Crippen molar-refractivity contribution in [3.05, 3.63) is 52.1 Å². The number of allylic oxidation sites excluding steroid dienone is 2. The number of phenols is 1. The van der Waals surface area contributed by atoms with Crippen molar-refractivity contribution in [1.82, 2.24) is 10.2 Å². The average molecular weight is 570 g/mol. The second-order valence-electron chi connectivity index (χ2n) is 11.2. The molecule has 13 heteroatoms. The molecule has 1 aromatic rings. The lowest BCUT2D eigenvalue weighted by molar-refractivity contribution is -0.148. The minimum absolute atomic E-state index is 0.0234. The van der Waals surface area contributed by atoms with E-state index in [0.717, 1.165) is 0 Å². The van der Waals surface area contributed by atoms with Gasteiger partial charge < -0.3 is 41.7 Å². The van der Waals surface area contributed by atoms with Crippen LogP contribution < -0.4 is 21.3 Å². The highest BCUT2D eigenvalue weighted by atomic mass is 16.3. The fourth-order valence-corrected chi connectivity index (χ4v) is 6.22. The van der Waals surface area contributed by atoms with Crippen LogP contribution >= 0.6 is 0 Å². The van der Waals surface area contributed by atoms with Gasteiger partial charge in [0.15, 0.2) is 17.1 Å². The molecule has 4 rings (SSSR count). The number of hydrogen-bond acceptors (Lipinski definition) is 11. The van der Waals surface area contributed by atoms with Crippen molar-refractivity contribution in [3.63, 3.8) is 0 Å². The van der Waals surface area contributed by atoms with Gasteiger partial charge in [-0.3, -0.25) is 24.1 Å². The van der Waals surface area contributed by atoms with Crippen molar-refractivity contribution in [3.8, 4) is 5.75 Å². The number of amides is 2. The Hall–Kier alpha value is -4.36. The molecule has 0 unspecified atom stereocenters. The number of nitrogens with two attached hydrogens (primary N) is 1. The SMILES string of the molecule is C=C(C)NCC(=O)Nc1cc(N(C)C)c2c(c1O)C(=O)C1=C(O)[C@]3(O)C(=O)C(C(N)=O)=C(O)[C@@H](N(C)C)[C@@H]3C[C@@H]1C2. The maximum atomic E-state index is 14.0. The van der Waals surface area contributed by atoms with Gasteiger partial charge in [0.2, 0.25) is 11.7 Å². The summed E-state index contributed by atoms with van der Waals surface area (Å²) in [5.41, 5.74) is 2.76. The molecule has 0 aliphatic heterocycles. The molecule has 13 nitrogen and oxygen atoms in total. The molecule has 0 saturated carbocycles. The van der Waals surface area contributed by atoms with Crippen LogP contribution in [-0.2, 0) is 20.8 Å². The number of Topliss-reactive ketones (excluding diaryl/α,β-unsaturated/α-hetero) is 2. The van der Waals surface area contributed by atoms with Crippen LogP contribution in [0, 0.1) is 11.8 Å². The molecule has 0 aromatic heterocycles. The first-order valence-corrected chi connectivity index (χ1v) is 12.9. The van der Waals surface area contributed by atoms with Gasteiger partial charge in [-0.2, -0.15) is 0 Å². The number of aromatic hydroxyl groups is 1. The Kier molecular flexibility index (Phi) is 7.39. The summed E-state index contributed by atoms with van der Waals surface area (Å²) in [4.78, 5) is 55.3. The van der Waals surface area contributed by atoms with Gasteiger partial charge in [-0.25, -0.2) is 0 Å². The number of carbonyl (C=O) groups is 4. The van der Waals surface area contributed by atoms with Crippen LogP contribution in [0.15, 0.2) is 41.0 Å². The second-order valence-corrected chi connectivity index (χ2v) is 11.2. The van der Waals surface area contributed by atoms with E-state index in [1.54, 1.807) is 40.0 Å². The predicted octanol–water partition coefficient (Wildman–Crippen LogP) is 0.248. The Bertz CT molecular complexity index is 1460. The second kappa shape index (κ2) is 10.2. The van der Waals surface area contributed by atoms with Gasteiger partial charge >= 0.3 is 0 Å². The van der Waals surface area contributed by atoms with Crippen molar-refractivity contribution in [2.45, 2.75) is 31.4 Å². The first-order chi connectivity index (χ1) is 19.0. The topological polar surface area (TPSA) is 206 Å². The quantitative estimate of drug-likeness (QED) is 0.175. The van der Waals surface area contributed by atoms with E-state index in [-0.39, 0.29) is 36.2 Å². The van der Waals surface area contributed by atoms with Crippen molar-refractivity contribution in [2.75, 3.05) is 45.0 Å². The first-order valence-electron chi connectivity index (χ1n) is 12.9. The Balaban J connectivity index is 1.90. The number of anilines is 2. The number of nitrogens with one attached hydrogen (secondary N) is 2. The highest BCUT2D eigenvalue weighted by Crippen LogP contribution is 2.53. The Labute approximate surface area is 236 Å². The van der Waals surface area contributed by atoms with Gasteiger partial charge in [0, 0.05) is 37.0 Å². The summed E-state index contributed by atoms with van der Waals surface area (Å²) in [7, 11) is 6.59. The molecule has 4 atom stereocenters. The third-order valence-corrected chi connectivity index (χ3v) is 8.01.